The SMILES string of the molecule is CCCCN(CC(O)COCCOC)CC1CCCN1. The van der Waals surface area contributed by atoms with Gasteiger partial charge in [0.15, 0.2) is 0 Å². The molecule has 1 aliphatic heterocycles. The van der Waals surface area contributed by atoms with Crippen LogP contribution in [0.4, 0.5) is 0 Å². The van der Waals surface area contributed by atoms with Crippen molar-refractivity contribution in [3.05, 3.63) is 0 Å². The smallest absolute Gasteiger partial charge is 0.0900 e. The Kier molecular flexibility index (Phi) is 10.2. The summed E-state index contributed by atoms with van der Waals surface area (Å²) in [6.45, 7) is 7.66. The lowest BCUT2D eigenvalue weighted by atomic mass is 10.2. The Hall–Kier alpha value is -0.200. The van der Waals surface area contributed by atoms with Crippen LogP contribution in [-0.2, 0) is 9.47 Å². The molecule has 2 atom stereocenters. The van der Waals surface area contributed by atoms with Crippen LogP contribution in [0.3, 0.4) is 0 Å². The van der Waals surface area contributed by atoms with Gasteiger partial charge in [-0.2, -0.15) is 0 Å². The van der Waals surface area contributed by atoms with Crippen LogP contribution in [0.2, 0.25) is 0 Å². The Labute approximate surface area is 123 Å². The second-order valence-corrected chi connectivity index (χ2v) is 5.63. The largest absolute Gasteiger partial charge is 0.389 e. The number of unbranched alkanes of at least 4 members (excludes halogenated alkanes) is 1. The molecule has 20 heavy (non-hydrogen) atoms. The first-order chi connectivity index (χ1) is 9.76. The van der Waals surface area contributed by atoms with Crippen LogP contribution in [0.25, 0.3) is 0 Å². The van der Waals surface area contributed by atoms with Gasteiger partial charge < -0.3 is 19.9 Å². The highest BCUT2D eigenvalue weighted by Crippen LogP contribution is 2.08. The lowest BCUT2D eigenvalue weighted by molar-refractivity contribution is -0.00151. The van der Waals surface area contributed by atoms with E-state index < -0.39 is 6.10 Å². The molecule has 2 unspecified atom stereocenters. The summed E-state index contributed by atoms with van der Waals surface area (Å²) in [6, 6.07) is 0.591. The predicted octanol–water partition coefficient (Wildman–Crippen LogP) is 0.864. The van der Waals surface area contributed by atoms with E-state index >= 15 is 0 Å². The molecule has 1 heterocycles. The molecule has 0 aliphatic carbocycles. The van der Waals surface area contributed by atoms with Gasteiger partial charge in [0.2, 0.25) is 0 Å². The number of hydrogen-bond donors (Lipinski definition) is 2. The predicted molar refractivity (Wildman–Crippen MR) is 81.1 cm³/mol. The van der Waals surface area contributed by atoms with Crippen molar-refractivity contribution in [2.24, 2.45) is 0 Å². The molecule has 1 rings (SSSR count). The van der Waals surface area contributed by atoms with Crippen LogP contribution < -0.4 is 5.32 Å². The van der Waals surface area contributed by atoms with Crippen molar-refractivity contribution < 1.29 is 14.6 Å². The monoisotopic (exact) mass is 288 g/mol. The van der Waals surface area contributed by atoms with Gasteiger partial charge in [0.05, 0.1) is 25.9 Å². The van der Waals surface area contributed by atoms with Gasteiger partial charge in [-0.05, 0) is 32.4 Å². The second kappa shape index (κ2) is 11.5. The molecule has 5 heteroatoms. The molecule has 5 nitrogen and oxygen atoms in total. The summed E-state index contributed by atoms with van der Waals surface area (Å²) in [7, 11) is 1.65. The normalized spacial score (nSPS) is 20.7. The summed E-state index contributed by atoms with van der Waals surface area (Å²) < 4.78 is 10.3. The molecular formula is C15H32N2O3. The minimum absolute atomic E-state index is 0.393. The van der Waals surface area contributed by atoms with E-state index in [1.807, 2.05) is 0 Å². The van der Waals surface area contributed by atoms with Crippen LogP contribution in [0.1, 0.15) is 32.6 Å². The fourth-order valence-electron chi connectivity index (χ4n) is 2.58. The van der Waals surface area contributed by atoms with Crippen LogP contribution >= 0.6 is 0 Å². The minimum Gasteiger partial charge on any atom is -0.389 e. The zero-order valence-corrected chi connectivity index (χ0v) is 13.1. The fraction of sp³-hybridized carbons (Fsp3) is 1.00. The number of nitrogens with one attached hydrogen (secondary N) is 1. The highest BCUT2D eigenvalue weighted by Gasteiger charge is 2.19. The van der Waals surface area contributed by atoms with Gasteiger partial charge in [-0.3, -0.25) is 4.90 Å². The topological polar surface area (TPSA) is 54.0 Å². The number of aliphatic hydroxyl groups is 1. The summed E-state index contributed by atoms with van der Waals surface area (Å²) in [6.07, 6.45) is 4.49. The van der Waals surface area contributed by atoms with Crippen molar-refractivity contribution in [3.8, 4) is 0 Å². The van der Waals surface area contributed by atoms with Crippen LogP contribution in [0.15, 0.2) is 0 Å². The van der Waals surface area contributed by atoms with Gasteiger partial charge in [0.25, 0.3) is 0 Å². The van der Waals surface area contributed by atoms with Crippen LogP contribution in [0, 0.1) is 0 Å². The third kappa shape index (κ3) is 8.17. The Morgan fingerprint density at radius 1 is 1.40 bits per heavy atom. The van der Waals surface area contributed by atoms with Crippen LogP contribution in [-0.4, -0.2) is 75.3 Å². The molecule has 1 fully saturated rings. The van der Waals surface area contributed by atoms with Crippen molar-refractivity contribution in [3.63, 3.8) is 0 Å². The van der Waals surface area contributed by atoms with Crippen molar-refractivity contribution >= 4 is 0 Å². The summed E-state index contributed by atoms with van der Waals surface area (Å²) in [4.78, 5) is 2.37. The maximum Gasteiger partial charge on any atom is 0.0900 e. The first kappa shape index (κ1) is 17.9. The fourth-order valence-corrected chi connectivity index (χ4v) is 2.58. The molecule has 0 bridgehead atoms. The molecule has 0 saturated carbocycles. The molecule has 1 aliphatic rings. The van der Waals surface area contributed by atoms with Crippen molar-refractivity contribution in [2.75, 3.05) is 53.1 Å². The standard InChI is InChI=1S/C15H32N2O3/c1-3-4-8-17(11-14-6-5-7-16-14)12-15(18)13-20-10-9-19-2/h14-16,18H,3-13H2,1-2H3. The van der Waals surface area contributed by atoms with Gasteiger partial charge in [0, 0.05) is 26.2 Å². The molecular weight excluding hydrogens is 256 g/mol. The Balaban J connectivity index is 2.22. The van der Waals surface area contributed by atoms with E-state index in [0.717, 1.165) is 19.6 Å². The quantitative estimate of drug-likeness (QED) is 0.522. The highest BCUT2D eigenvalue weighted by molar-refractivity contribution is 4.79. The van der Waals surface area contributed by atoms with Gasteiger partial charge in [-0.1, -0.05) is 13.3 Å². The molecule has 0 aromatic heterocycles. The third-order valence-corrected chi connectivity index (χ3v) is 3.68. The third-order valence-electron chi connectivity index (χ3n) is 3.68. The molecule has 0 amide bonds. The number of rotatable bonds is 12. The highest BCUT2D eigenvalue weighted by atomic mass is 16.5. The number of nitrogens with zero attached hydrogens (tertiary/aromatic N) is 1. The van der Waals surface area contributed by atoms with Crippen LogP contribution in [0.5, 0.6) is 0 Å². The second-order valence-electron chi connectivity index (χ2n) is 5.63. The lowest BCUT2D eigenvalue weighted by Gasteiger charge is -2.27. The average molecular weight is 288 g/mol. The lowest BCUT2D eigenvalue weighted by Crippen LogP contribution is -2.42. The maximum absolute atomic E-state index is 10.1. The molecule has 120 valence electrons. The number of methoxy groups -OCH3 is 1. The van der Waals surface area contributed by atoms with E-state index in [4.69, 9.17) is 9.47 Å². The maximum atomic E-state index is 10.1. The average Bonchev–Trinajstić information content (AvgIpc) is 2.94. The summed E-state index contributed by atoms with van der Waals surface area (Å²) in [5.41, 5.74) is 0. The molecule has 1 saturated heterocycles. The van der Waals surface area contributed by atoms with Crippen molar-refractivity contribution in [1.29, 1.82) is 0 Å². The Morgan fingerprint density at radius 2 is 2.25 bits per heavy atom. The summed E-state index contributed by atoms with van der Waals surface area (Å²) in [5.74, 6) is 0. The van der Waals surface area contributed by atoms with E-state index in [9.17, 15) is 5.11 Å². The van der Waals surface area contributed by atoms with Gasteiger partial charge in [-0.25, -0.2) is 0 Å². The van der Waals surface area contributed by atoms with E-state index in [-0.39, 0.29) is 0 Å². The number of hydrogen-bond acceptors (Lipinski definition) is 5. The first-order valence-electron chi connectivity index (χ1n) is 7.96. The molecule has 0 aromatic rings. The Bertz CT molecular complexity index is 223. The molecule has 0 spiro atoms. The zero-order chi connectivity index (χ0) is 14.6. The summed E-state index contributed by atoms with van der Waals surface area (Å²) in [5, 5.41) is 13.6. The number of ether oxygens (including phenoxy) is 2. The van der Waals surface area contributed by atoms with Crippen molar-refractivity contribution in [2.45, 2.75) is 44.8 Å². The van der Waals surface area contributed by atoms with E-state index in [0.29, 0.717) is 32.4 Å². The first-order valence-corrected chi connectivity index (χ1v) is 7.96. The molecule has 2 N–H and O–H groups in total. The number of aliphatic hydroxyl groups excluding tert-OH is 1. The zero-order valence-electron chi connectivity index (χ0n) is 13.1. The minimum atomic E-state index is -0.412. The van der Waals surface area contributed by atoms with E-state index in [2.05, 4.69) is 17.1 Å². The van der Waals surface area contributed by atoms with Gasteiger partial charge >= 0.3 is 0 Å². The van der Waals surface area contributed by atoms with E-state index in [1.165, 1.54) is 25.7 Å². The summed E-state index contributed by atoms with van der Waals surface area (Å²) >= 11 is 0. The Morgan fingerprint density at radius 3 is 2.90 bits per heavy atom. The van der Waals surface area contributed by atoms with Crippen molar-refractivity contribution in [1.82, 2.24) is 10.2 Å². The van der Waals surface area contributed by atoms with Gasteiger partial charge in [-0.15, -0.1) is 0 Å². The molecule has 0 aromatic carbocycles. The molecule has 0 radical (unpaired) electrons. The van der Waals surface area contributed by atoms with E-state index in [1.54, 1.807) is 7.11 Å². The van der Waals surface area contributed by atoms with Gasteiger partial charge in [0.1, 0.15) is 0 Å².